The lowest BCUT2D eigenvalue weighted by Crippen LogP contribution is -2.66. The molecule has 0 unspecified atom stereocenters. The second kappa shape index (κ2) is 14.1. The van der Waals surface area contributed by atoms with Crippen LogP contribution in [-0.4, -0.2) is 83.6 Å². The summed E-state index contributed by atoms with van der Waals surface area (Å²) in [7, 11) is 3.92. The van der Waals surface area contributed by atoms with Gasteiger partial charge < -0.3 is 20.0 Å². The maximum absolute atomic E-state index is 14.3. The Labute approximate surface area is 289 Å². The highest BCUT2D eigenvalue weighted by Crippen LogP contribution is 2.32. The van der Waals surface area contributed by atoms with Gasteiger partial charge >= 0.3 is 6.03 Å². The minimum absolute atomic E-state index is 0.130. The molecule has 2 saturated heterocycles. The van der Waals surface area contributed by atoms with E-state index in [1.807, 2.05) is 85.7 Å². The van der Waals surface area contributed by atoms with Gasteiger partial charge in [-0.15, -0.1) is 0 Å². The smallest absolute Gasteiger partial charge is 0.333 e. The summed E-state index contributed by atoms with van der Waals surface area (Å²) in [4.78, 5) is 47.1. The summed E-state index contributed by atoms with van der Waals surface area (Å²) < 4.78 is 0. The SMILES string of the molecule is CN(C)c1ccc(C[C@H]2C(=O)N(Cc3cccc4ccccc34)C[C@H]3N2C(=O)CN3N(CC#N)C(=O)NCc2ccc(Cl)c(Cl)c2)cc1. The molecule has 0 bridgehead atoms. The maximum atomic E-state index is 14.3. The van der Waals surface area contributed by atoms with Crippen LogP contribution in [0.5, 0.6) is 0 Å². The Balaban J connectivity index is 1.31. The van der Waals surface area contributed by atoms with Crippen molar-refractivity contribution in [3.8, 4) is 6.07 Å². The van der Waals surface area contributed by atoms with Gasteiger partial charge in [0.15, 0.2) is 0 Å². The van der Waals surface area contributed by atoms with Crippen molar-refractivity contribution in [3.63, 3.8) is 0 Å². The van der Waals surface area contributed by atoms with Crippen molar-refractivity contribution >= 4 is 57.5 Å². The van der Waals surface area contributed by atoms with Crippen molar-refractivity contribution in [3.05, 3.63) is 112 Å². The number of hydrogen-bond donors (Lipinski definition) is 1. The standard InChI is InChI=1S/C36H35Cl2N7O3/c1-41(2)28-13-10-24(11-14-28)19-32-35(47)42(21-27-8-5-7-26-6-3-4-9-29(26)27)22-33-44(23-34(46)45(32)33)43(17-16-39)36(48)40-20-25-12-15-30(37)31(38)18-25/h3-15,18,32-33H,17,19-23H2,1-2H3,(H,40,48)/t32-,33+/m0/s1. The van der Waals surface area contributed by atoms with E-state index in [0.717, 1.165) is 33.2 Å². The summed E-state index contributed by atoms with van der Waals surface area (Å²) in [5.74, 6) is -0.449. The van der Waals surface area contributed by atoms with Crippen LogP contribution in [0, 0.1) is 11.3 Å². The molecule has 0 aliphatic carbocycles. The average molecular weight is 685 g/mol. The zero-order valence-electron chi connectivity index (χ0n) is 26.6. The number of rotatable bonds is 9. The van der Waals surface area contributed by atoms with E-state index in [1.165, 1.54) is 5.01 Å². The largest absolute Gasteiger partial charge is 0.378 e. The van der Waals surface area contributed by atoms with Crippen molar-refractivity contribution in [2.75, 3.05) is 38.6 Å². The Bertz CT molecular complexity index is 1890. The van der Waals surface area contributed by atoms with E-state index in [2.05, 4.69) is 11.4 Å². The molecule has 2 aliphatic rings. The van der Waals surface area contributed by atoms with Gasteiger partial charge in [0.1, 0.15) is 18.8 Å². The molecule has 246 valence electrons. The topological polar surface area (TPSA) is 103 Å². The lowest BCUT2D eigenvalue weighted by Gasteiger charge is -2.46. The highest BCUT2D eigenvalue weighted by Gasteiger charge is 2.52. The summed E-state index contributed by atoms with van der Waals surface area (Å²) in [6.07, 6.45) is -0.364. The number of urea groups is 1. The minimum Gasteiger partial charge on any atom is -0.378 e. The van der Waals surface area contributed by atoms with Crippen LogP contribution in [0.4, 0.5) is 10.5 Å². The number of anilines is 1. The second-order valence-corrected chi connectivity index (χ2v) is 13.0. The van der Waals surface area contributed by atoms with Crippen molar-refractivity contribution < 1.29 is 14.4 Å². The Hall–Kier alpha value is -4.82. The highest BCUT2D eigenvalue weighted by atomic mass is 35.5. The lowest BCUT2D eigenvalue weighted by atomic mass is 9.98. The number of carbonyl (C=O) groups is 3. The second-order valence-electron chi connectivity index (χ2n) is 12.1. The Morgan fingerprint density at radius 2 is 1.69 bits per heavy atom. The van der Waals surface area contributed by atoms with Gasteiger partial charge in [-0.2, -0.15) is 10.3 Å². The minimum atomic E-state index is -0.801. The number of nitrogens with zero attached hydrogens (tertiary/aromatic N) is 6. The summed E-state index contributed by atoms with van der Waals surface area (Å²) in [6, 6.07) is 27.7. The van der Waals surface area contributed by atoms with Gasteiger partial charge in [-0.3, -0.25) is 9.59 Å². The molecule has 0 saturated carbocycles. The molecule has 0 radical (unpaired) electrons. The molecule has 1 N–H and O–H groups in total. The van der Waals surface area contributed by atoms with Crippen molar-refractivity contribution in [2.45, 2.75) is 31.7 Å². The third kappa shape index (κ3) is 6.76. The van der Waals surface area contributed by atoms with Crippen LogP contribution >= 0.6 is 23.2 Å². The molecule has 6 rings (SSSR count). The molecule has 10 nitrogen and oxygen atoms in total. The number of nitriles is 1. The zero-order valence-corrected chi connectivity index (χ0v) is 28.2. The lowest BCUT2D eigenvalue weighted by molar-refractivity contribution is -0.157. The molecule has 4 aromatic rings. The quantitative estimate of drug-likeness (QED) is 0.241. The van der Waals surface area contributed by atoms with Crippen LogP contribution in [0.2, 0.25) is 10.0 Å². The fraction of sp³-hybridized carbons (Fsp3) is 0.278. The molecule has 0 aromatic heterocycles. The van der Waals surface area contributed by atoms with Crippen LogP contribution in [0.1, 0.15) is 16.7 Å². The van der Waals surface area contributed by atoms with E-state index in [-0.39, 0.29) is 38.0 Å². The van der Waals surface area contributed by atoms with Crippen molar-refractivity contribution in [1.82, 2.24) is 25.1 Å². The zero-order chi connectivity index (χ0) is 33.9. The normalized spacial score (nSPS) is 17.7. The van der Waals surface area contributed by atoms with Crippen molar-refractivity contribution in [2.24, 2.45) is 0 Å². The van der Waals surface area contributed by atoms with Crippen LogP contribution in [0.25, 0.3) is 10.8 Å². The fourth-order valence-corrected chi connectivity index (χ4v) is 6.77. The summed E-state index contributed by atoms with van der Waals surface area (Å²) in [5.41, 5.74) is 3.63. The van der Waals surface area contributed by atoms with Gasteiger partial charge in [0.2, 0.25) is 11.8 Å². The first-order chi connectivity index (χ1) is 23.1. The number of fused-ring (bicyclic) bond motifs is 2. The molecule has 4 aromatic carbocycles. The van der Waals surface area contributed by atoms with Gasteiger partial charge in [0.25, 0.3) is 0 Å². The van der Waals surface area contributed by atoms with E-state index in [4.69, 9.17) is 23.2 Å². The monoisotopic (exact) mass is 683 g/mol. The molecule has 2 heterocycles. The predicted octanol–water partition coefficient (Wildman–Crippen LogP) is 5.29. The molecular formula is C36H35Cl2N7O3. The van der Waals surface area contributed by atoms with Crippen LogP contribution in [0.3, 0.4) is 0 Å². The molecule has 2 fully saturated rings. The fourth-order valence-electron chi connectivity index (χ4n) is 6.44. The number of benzene rings is 4. The van der Waals surface area contributed by atoms with Gasteiger partial charge in [0, 0.05) is 39.3 Å². The third-order valence-electron chi connectivity index (χ3n) is 8.88. The Morgan fingerprint density at radius 1 is 0.958 bits per heavy atom. The summed E-state index contributed by atoms with van der Waals surface area (Å²) in [6.45, 7) is 0.165. The molecule has 0 spiro atoms. The first kappa shape index (κ1) is 33.1. The number of carbonyl (C=O) groups excluding carboxylic acids is 3. The number of hydrogen-bond acceptors (Lipinski definition) is 6. The highest BCUT2D eigenvalue weighted by molar-refractivity contribution is 6.42. The van der Waals surface area contributed by atoms with E-state index < -0.39 is 18.2 Å². The molecular weight excluding hydrogens is 649 g/mol. The number of hydrazine groups is 1. The molecule has 2 atom stereocenters. The molecule has 4 amide bonds. The maximum Gasteiger partial charge on any atom is 0.333 e. The van der Waals surface area contributed by atoms with Gasteiger partial charge in [0.05, 0.1) is 29.2 Å². The van der Waals surface area contributed by atoms with Crippen LogP contribution < -0.4 is 10.2 Å². The molecule has 2 aliphatic heterocycles. The van der Waals surface area contributed by atoms with Crippen LogP contribution in [-0.2, 0) is 29.1 Å². The third-order valence-corrected chi connectivity index (χ3v) is 9.62. The number of halogens is 2. The predicted molar refractivity (Wildman–Crippen MR) is 186 cm³/mol. The average Bonchev–Trinajstić information content (AvgIpc) is 3.41. The summed E-state index contributed by atoms with van der Waals surface area (Å²) >= 11 is 12.2. The van der Waals surface area contributed by atoms with E-state index in [0.29, 0.717) is 23.0 Å². The van der Waals surface area contributed by atoms with E-state index in [1.54, 1.807) is 33.0 Å². The number of nitrogens with one attached hydrogen (secondary N) is 1. The molecule has 12 heteroatoms. The van der Waals surface area contributed by atoms with Crippen LogP contribution in [0.15, 0.2) is 84.9 Å². The molecule has 48 heavy (non-hydrogen) atoms. The van der Waals surface area contributed by atoms with E-state index >= 15 is 0 Å². The first-order valence-corrected chi connectivity index (χ1v) is 16.4. The Morgan fingerprint density at radius 3 is 2.42 bits per heavy atom. The first-order valence-electron chi connectivity index (χ1n) is 15.6. The number of piperazine rings is 1. The van der Waals surface area contributed by atoms with Gasteiger partial charge in [-0.05, 0) is 51.7 Å². The van der Waals surface area contributed by atoms with Crippen molar-refractivity contribution in [1.29, 1.82) is 5.26 Å². The number of amides is 4. The van der Waals surface area contributed by atoms with Gasteiger partial charge in [-0.1, -0.05) is 83.9 Å². The summed E-state index contributed by atoms with van der Waals surface area (Å²) in [5, 5.41) is 18.3. The van der Waals surface area contributed by atoms with E-state index in [9.17, 15) is 19.6 Å². The van der Waals surface area contributed by atoms with Gasteiger partial charge in [-0.25, -0.2) is 9.80 Å². The Kier molecular flexibility index (Phi) is 9.73.